The van der Waals surface area contributed by atoms with Crippen LogP contribution in [0.4, 0.5) is 13.2 Å². The minimum atomic E-state index is -4.33. The summed E-state index contributed by atoms with van der Waals surface area (Å²) in [6, 6.07) is 10.5. The second-order valence-electron chi connectivity index (χ2n) is 4.56. The lowest BCUT2D eigenvalue weighted by atomic mass is 10.2. The molecule has 6 heteroatoms. The van der Waals surface area contributed by atoms with E-state index in [0.717, 1.165) is 27.5 Å². The molecule has 0 fully saturated rings. The molecule has 0 unspecified atom stereocenters. The van der Waals surface area contributed by atoms with Crippen LogP contribution in [0.2, 0.25) is 5.02 Å². The molecule has 0 aliphatic heterocycles. The van der Waals surface area contributed by atoms with E-state index in [1.54, 1.807) is 16.8 Å². The zero-order valence-electron chi connectivity index (χ0n) is 10.5. The summed E-state index contributed by atoms with van der Waals surface area (Å²) in [5.74, 6) is 0. The van der Waals surface area contributed by atoms with Crippen molar-refractivity contribution in [2.24, 2.45) is 0 Å². The minimum absolute atomic E-state index is 0.532. The highest BCUT2D eigenvalue weighted by atomic mass is 79.9. The second kappa shape index (κ2) is 5.07. The van der Waals surface area contributed by atoms with E-state index >= 15 is 0 Å². The molecule has 1 aromatic heterocycles. The topological polar surface area (TPSA) is 4.93 Å². The fraction of sp³-hybridized carbons (Fsp3) is 0.0667. The highest BCUT2D eigenvalue weighted by Crippen LogP contribution is 2.33. The number of nitrogens with zero attached hydrogens (tertiary/aromatic N) is 1. The predicted molar refractivity (Wildman–Crippen MR) is 81.0 cm³/mol. The SMILES string of the molecule is FC(F)(F)c1ccc(-n2ccc3cc(Br)cc(Cl)c32)cc1. The summed E-state index contributed by atoms with van der Waals surface area (Å²) in [4.78, 5) is 0. The Morgan fingerprint density at radius 1 is 1.00 bits per heavy atom. The molecule has 0 bridgehead atoms. The van der Waals surface area contributed by atoms with Crippen molar-refractivity contribution in [2.45, 2.75) is 6.18 Å². The molecule has 0 N–H and O–H groups in total. The van der Waals surface area contributed by atoms with Crippen LogP contribution in [-0.4, -0.2) is 4.57 Å². The molecular formula is C15H8BrClF3N. The summed E-state index contributed by atoms with van der Waals surface area (Å²) in [6.45, 7) is 0. The van der Waals surface area contributed by atoms with Crippen molar-refractivity contribution >= 4 is 38.4 Å². The summed E-state index contributed by atoms with van der Waals surface area (Å²) in [5.41, 5.74) is 0.721. The molecule has 1 heterocycles. The minimum Gasteiger partial charge on any atom is -0.315 e. The molecular weight excluding hydrogens is 367 g/mol. The molecule has 3 aromatic rings. The normalized spacial score (nSPS) is 12.0. The van der Waals surface area contributed by atoms with Crippen LogP contribution >= 0.6 is 27.5 Å². The van der Waals surface area contributed by atoms with Crippen molar-refractivity contribution in [2.75, 3.05) is 0 Å². The van der Waals surface area contributed by atoms with E-state index in [1.807, 2.05) is 12.1 Å². The Labute approximate surface area is 132 Å². The Bertz CT molecular complexity index is 806. The van der Waals surface area contributed by atoms with Gasteiger partial charge in [0.2, 0.25) is 0 Å². The number of hydrogen-bond acceptors (Lipinski definition) is 0. The van der Waals surface area contributed by atoms with E-state index < -0.39 is 11.7 Å². The molecule has 0 spiro atoms. The summed E-state index contributed by atoms with van der Waals surface area (Å²) >= 11 is 9.59. The Balaban J connectivity index is 2.13. The highest BCUT2D eigenvalue weighted by molar-refractivity contribution is 9.10. The van der Waals surface area contributed by atoms with Crippen molar-refractivity contribution in [3.63, 3.8) is 0 Å². The lowest BCUT2D eigenvalue weighted by Gasteiger charge is -2.10. The smallest absolute Gasteiger partial charge is 0.315 e. The third-order valence-corrected chi connectivity index (χ3v) is 3.92. The molecule has 2 aromatic carbocycles. The Hall–Kier alpha value is -1.46. The molecule has 0 saturated carbocycles. The van der Waals surface area contributed by atoms with Gasteiger partial charge in [-0.25, -0.2) is 0 Å². The van der Waals surface area contributed by atoms with E-state index in [4.69, 9.17) is 11.6 Å². The molecule has 3 rings (SSSR count). The van der Waals surface area contributed by atoms with Gasteiger partial charge in [0.25, 0.3) is 0 Å². The number of aromatic nitrogens is 1. The van der Waals surface area contributed by atoms with Crippen LogP contribution in [0.5, 0.6) is 0 Å². The summed E-state index contributed by atoms with van der Waals surface area (Å²) in [5, 5.41) is 1.44. The number of benzene rings is 2. The Morgan fingerprint density at radius 3 is 2.29 bits per heavy atom. The van der Waals surface area contributed by atoms with E-state index in [-0.39, 0.29) is 0 Å². The number of fused-ring (bicyclic) bond motifs is 1. The first-order chi connectivity index (χ1) is 9.86. The van der Waals surface area contributed by atoms with Crippen LogP contribution in [0.3, 0.4) is 0 Å². The number of alkyl halides is 3. The molecule has 1 nitrogen and oxygen atoms in total. The summed E-state index contributed by atoms with van der Waals surface area (Å²) < 4.78 is 40.4. The van der Waals surface area contributed by atoms with Gasteiger partial charge < -0.3 is 4.57 Å². The third kappa shape index (κ3) is 2.68. The predicted octanol–water partition coefficient (Wildman–Crippen LogP) is 6.07. The average molecular weight is 375 g/mol. The standard InChI is InChI=1S/C15H8BrClF3N/c16-11-7-9-5-6-21(14(9)13(17)8-11)12-3-1-10(2-4-12)15(18,19)20/h1-8H. The van der Waals surface area contributed by atoms with Gasteiger partial charge in [-0.1, -0.05) is 27.5 Å². The van der Waals surface area contributed by atoms with Crippen molar-refractivity contribution in [1.82, 2.24) is 4.57 Å². The first kappa shape index (κ1) is 14.5. The average Bonchev–Trinajstić information content (AvgIpc) is 2.81. The fourth-order valence-electron chi connectivity index (χ4n) is 2.22. The van der Waals surface area contributed by atoms with E-state index in [1.165, 1.54) is 12.1 Å². The second-order valence-corrected chi connectivity index (χ2v) is 5.88. The largest absolute Gasteiger partial charge is 0.416 e. The van der Waals surface area contributed by atoms with Gasteiger partial charge in [0.1, 0.15) is 0 Å². The van der Waals surface area contributed by atoms with Crippen LogP contribution in [0.25, 0.3) is 16.6 Å². The monoisotopic (exact) mass is 373 g/mol. The quantitative estimate of drug-likeness (QED) is 0.487. The lowest BCUT2D eigenvalue weighted by molar-refractivity contribution is -0.137. The van der Waals surface area contributed by atoms with E-state index in [9.17, 15) is 13.2 Å². The molecule has 21 heavy (non-hydrogen) atoms. The van der Waals surface area contributed by atoms with Gasteiger partial charge in [-0.3, -0.25) is 0 Å². The Kier molecular flexibility index (Phi) is 3.50. The van der Waals surface area contributed by atoms with Gasteiger partial charge in [0, 0.05) is 21.7 Å². The van der Waals surface area contributed by atoms with Crippen LogP contribution in [0, 0.1) is 0 Å². The van der Waals surface area contributed by atoms with Crippen molar-refractivity contribution in [3.8, 4) is 5.69 Å². The molecule has 0 aliphatic rings. The number of rotatable bonds is 1. The first-order valence-corrected chi connectivity index (χ1v) is 7.17. The number of hydrogen-bond donors (Lipinski definition) is 0. The maximum Gasteiger partial charge on any atom is 0.416 e. The first-order valence-electron chi connectivity index (χ1n) is 6.00. The maximum atomic E-state index is 12.6. The van der Waals surface area contributed by atoms with E-state index in [0.29, 0.717) is 10.7 Å². The molecule has 0 saturated heterocycles. The van der Waals surface area contributed by atoms with Crippen LogP contribution in [-0.2, 0) is 6.18 Å². The van der Waals surface area contributed by atoms with Crippen LogP contribution < -0.4 is 0 Å². The van der Waals surface area contributed by atoms with Gasteiger partial charge >= 0.3 is 6.18 Å². The van der Waals surface area contributed by atoms with Gasteiger partial charge in [-0.2, -0.15) is 13.2 Å². The number of halogens is 5. The summed E-state index contributed by atoms with van der Waals surface area (Å²) in [7, 11) is 0. The van der Waals surface area contributed by atoms with Gasteiger partial charge in [-0.15, -0.1) is 0 Å². The van der Waals surface area contributed by atoms with Crippen LogP contribution in [0.15, 0.2) is 53.1 Å². The van der Waals surface area contributed by atoms with Gasteiger partial charge in [-0.05, 0) is 42.5 Å². The molecule has 0 aliphatic carbocycles. The molecule has 0 atom stereocenters. The molecule has 0 radical (unpaired) electrons. The highest BCUT2D eigenvalue weighted by Gasteiger charge is 2.30. The lowest BCUT2D eigenvalue weighted by Crippen LogP contribution is -2.04. The van der Waals surface area contributed by atoms with Gasteiger partial charge in [0.15, 0.2) is 0 Å². The van der Waals surface area contributed by atoms with Crippen molar-refractivity contribution in [1.29, 1.82) is 0 Å². The zero-order valence-corrected chi connectivity index (χ0v) is 12.8. The zero-order chi connectivity index (χ0) is 15.2. The molecule has 108 valence electrons. The third-order valence-electron chi connectivity index (χ3n) is 3.17. The Morgan fingerprint density at radius 2 is 1.67 bits per heavy atom. The van der Waals surface area contributed by atoms with Crippen LogP contribution in [0.1, 0.15) is 5.56 Å². The maximum absolute atomic E-state index is 12.6. The molecule has 0 amide bonds. The van der Waals surface area contributed by atoms with Gasteiger partial charge in [0.05, 0.1) is 16.1 Å². The summed E-state index contributed by atoms with van der Waals surface area (Å²) in [6.07, 6.45) is -2.55. The fourth-order valence-corrected chi connectivity index (χ4v) is 3.15. The van der Waals surface area contributed by atoms with E-state index in [2.05, 4.69) is 15.9 Å². The van der Waals surface area contributed by atoms with Crippen molar-refractivity contribution in [3.05, 3.63) is 63.7 Å². The van der Waals surface area contributed by atoms with Crippen molar-refractivity contribution < 1.29 is 13.2 Å².